The molecule has 0 aliphatic heterocycles. The number of aryl methyl sites for hydroxylation is 2. The lowest BCUT2D eigenvalue weighted by molar-refractivity contribution is 0.0510. The first-order valence-corrected chi connectivity index (χ1v) is 6.73. The summed E-state index contributed by atoms with van der Waals surface area (Å²) in [5, 5.41) is 9.59. The maximum Gasteiger partial charge on any atom is 0.386 e. The molecule has 0 saturated carbocycles. The van der Waals surface area contributed by atoms with Crippen LogP contribution in [0.1, 0.15) is 20.9 Å². The number of hydrogen-bond acceptors (Lipinski definition) is 5. The first kappa shape index (κ1) is 13.0. The third-order valence-corrected chi connectivity index (χ3v) is 3.72. The van der Waals surface area contributed by atoms with E-state index in [1.807, 2.05) is 18.4 Å². The average molecular weight is 328 g/mol. The van der Waals surface area contributed by atoms with Gasteiger partial charge in [0, 0.05) is 13.2 Å². The lowest BCUT2D eigenvalue weighted by atomic mass is 10.3. The Labute approximate surface area is 116 Å². The van der Waals surface area contributed by atoms with E-state index in [1.165, 1.54) is 22.2 Å². The van der Waals surface area contributed by atoms with E-state index in [-0.39, 0.29) is 5.69 Å². The van der Waals surface area contributed by atoms with Crippen LogP contribution in [0.5, 0.6) is 0 Å². The van der Waals surface area contributed by atoms with Gasteiger partial charge in [-0.2, -0.15) is 5.10 Å². The molecule has 2 rings (SSSR count). The molecule has 0 spiro atoms. The molecule has 0 amide bonds. The van der Waals surface area contributed by atoms with Crippen molar-refractivity contribution in [3.63, 3.8) is 0 Å². The molecule has 0 aromatic carbocycles. The second kappa shape index (κ2) is 5.45. The Bertz CT molecular complexity index is 603. The van der Waals surface area contributed by atoms with Gasteiger partial charge in [-0.1, -0.05) is 5.16 Å². The van der Waals surface area contributed by atoms with E-state index >= 15 is 0 Å². The van der Waals surface area contributed by atoms with Crippen LogP contribution in [-0.4, -0.2) is 22.0 Å². The number of halogens is 1. The van der Waals surface area contributed by atoms with Gasteiger partial charge in [0.2, 0.25) is 0 Å². The quantitative estimate of drug-likeness (QED) is 0.495. The summed E-state index contributed by atoms with van der Waals surface area (Å²) in [6, 6.07) is 1.98. The third-order valence-electron chi connectivity index (χ3n) is 2.18. The molecule has 7 heteroatoms. The van der Waals surface area contributed by atoms with E-state index < -0.39 is 5.97 Å². The summed E-state index contributed by atoms with van der Waals surface area (Å²) >= 11 is 4.76. The Kier molecular flexibility index (Phi) is 3.93. The molecule has 2 aromatic rings. The van der Waals surface area contributed by atoms with E-state index in [1.54, 1.807) is 13.2 Å². The average Bonchev–Trinajstić information content (AvgIpc) is 2.85. The fourth-order valence-electron chi connectivity index (χ4n) is 1.28. The highest BCUT2D eigenvalue weighted by Gasteiger charge is 2.15. The molecule has 0 saturated heterocycles. The lowest BCUT2D eigenvalue weighted by Gasteiger charge is -1.94. The molecule has 94 valence electrons. The SMILES string of the molecule is Cc1ccsc1C=NOC(=O)c1nn(C)cc1Br. The Hall–Kier alpha value is -1.47. The molecule has 0 radical (unpaired) electrons. The van der Waals surface area contributed by atoms with Crippen LogP contribution in [0.2, 0.25) is 0 Å². The summed E-state index contributed by atoms with van der Waals surface area (Å²) in [5.41, 5.74) is 1.30. The highest BCUT2D eigenvalue weighted by atomic mass is 79.9. The minimum absolute atomic E-state index is 0.206. The Morgan fingerprint density at radius 2 is 2.44 bits per heavy atom. The van der Waals surface area contributed by atoms with Gasteiger partial charge in [-0.3, -0.25) is 4.68 Å². The van der Waals surface area contributed by atoms with E-state index in [0.29, 0.717) is 4.47 Å². The fourth-order valence-corrected chi connectivity index (χ4v) is 2.59. The van der Waals surface area contributed by atoms with Gasteiger partial charge in [-0.25, -0.2) is 4.79 Å². The Morgan fingerprint density at radius 3 is 3.00 bits per heavy atom. The van der Waals surface area contributed by atoms with Gasteiger partial charge in [-0.05, 0) is 39.9 Å². The number of carbonyl (C=O) groups excluding carboxylic acids is 1. The smallest absolute Gasteiger partial charge is 0.311 e. The highest BCUT2D eigenvalue weighted by molar-refractivity contribution is 9.10. The molecule has 18 heavy (non-hydrogen) atoms. The summed E-state index contributed by atoms with van der Waals surface area (Å²) in [6.45, 7) is 1.97. The maximum absolute atomic E-state index is 11.7. The molecular weight excluding hydrogens is 318 g/mol. The molecule has 0 bridgehead atoms. The number of nitrogens with zero attached hydrogens (tertiary/aromatic N) is 3. The standard InChI is InChI=1S/C11H10BrN3O2S/c1-7-3-4-18-9(7)5-13-17-11(16)10-8(12)6-15(2)14-10/h3-6H,1-2H3. The molecule has 2 heterocycles. The Balaban J connectivity index is 2.03. The van der Waals surface area contributed by atoms with Gasteiger partial charge < -0.3 is 4.84 Å². The van der Waals surface area contributed by atoms with E-state index in [9.17, 15) is 4.79 Å². The zero-order valence-corrected chi connectivity index (χ0v) is 12.2. The maximum atomic E-state index is 11.7. The second-order valence-corrected chi connectivity index (χ2v) is 5.38. The van der Waals surface area contributed by atoms with Gasteiger partial charge in [-0.15, -0.1) is 11.3 Å². The van der Waals surface area contributed by atoms with Crippen molar-refractivity contribution >= 4 is 39.5 Å². The topological polar surface area (TPSA) is 56.5 Å². The summed E-state index contributed by atoms with van der Waals surface area (Å²) in [7, 11) is 1.72. The second-order valence-electron chi connectivity index (χ2n) is 3.58. The van der Waals surface area contributed by atoms with E-state index in [0.717, 1.165) is 10.4 Å². The Morgan fingerprint density at radius 1 is 1.67 bits per heavy atom. The molecule has 0 atom stereocenters. The van der Waals surface area contributed by atoms with Crippen LogP contribution in [0, 0.1) is 6.92 Å². The highest BCUT2D eigenvalue weighted by Crippen LogP contribution is 2.16. The van der Waals surface area contributed by atoms with Crippen LogP contribution in [0.25, 0.3) is 0 Å². The lowest BCUT2D eigenvalue weighted by Crippen LogP contribution is -2.03. The number of aromatic nitrogens is 2. The number of thiophene rings is 1. The largest absolute Gasteiger partial charge is 0.386 e. The first-order valence-electron chi connectivity index (χ1n) is 5.06. The molecule has 0 aliphatic carbocycles. The van der Waals surface area contributed by atoms with Crippen molar-refractivity contribution in [1.82, 2.24) is 9.78 Å². The third kappa shape index (κ3) is 2.85. The monoisotopic (exact) mass is 327 g/mol. The van der Waals surface area contributed by atoms with E-state index in [2.05, 4.69) is 26.2 Å². The number of oxime groups is 1. The van der Waals surface area contributed by atoms with Crippen molar-refractivity contribution in [2.75, 3.05) is 0 Å². The molecule has 0 N–H and O–H groups in total. The van der Waals surface area contributed by atoms with Gasteiger partial charge in [0.05, 0.1) is 15.6 Å². The van der Waals surface area contributed by atoms with Crippen molar-refractivity contribution in [3.8, 4) is 0 Å². The molecular formula is C11H10BrN3O2S. The van der Waals surface area contributed by atoms with Crippen molar-refractivity contribution in [3.05, 3.63) is 38.3 Å². The van der Waals surface area contributed by atoms with Crippen molar-refractivity contribution < 1.29 is 9.63 Å². The van der Waals surface area contributed by atoms with Gasteiger partial charge in [0.25, 0.3) is 0 Å². The zero-order chi connectivity index (χ0) is 13.1. The molecule has 0 fully saturated rings. The summed E-state index contributed by atoms with van der Waals surface area (Å²) < 4.78 is 2.10. The van der Waals surface area contributed by atoms with Gasteiger partial charge in [0.15, 0.2) is 5.69 Å². The van der Waals surface area contributed by atoms with Crippen LogP contribution >= 0.6 is 27.3 Å². The van der Waals surface area contributed by atoms with Crippen molar-refractivity contribution in [2.24, 2.45) is 12.2 Å². The number of carbonyl (C=O) groups is 1. The van der Waals surface area contributed by atoms with Crippen LogP contribution in [0.3, 0.4) is 0 Å². The van der Waals surface area contributed by atoms with Crippen LogP contribution in [0.15, 0.2) is 27.3 Å². The van der Waals surface area contributed by atoms with Crippen LogP contribution < -0.4 is 0 Å². The summed E-state index contributed by atoms with van der Waals surface area (Å²) in [5.74, 6) is -0.590. The normalized spacial score (nSPS) is 11.1. The first-order chi connectivity index (χ1) is 8.58. The molecule has 5 nitrogen and oxygen atoms in total. The minimum atomic E-state index is -0.590. The predicted octanol–water partition coefficient (Wildman–Crippen LogP) is 2.74. The summed E-state index contributed by atoms with van der Waals surface area (Å²) in [4.78, 5) is 17.4. The van der Waals surface area contributed by atoms with Crippen LogP contribution in [-0.2, 0) is 11.9 Å². The van der Waals surface area contributed by atoms with Gasteiger partial charge >= 0.3 is 5.97 Å². The van der Waals surface area contributed by atoms with Crippen LogP contribution in [0.4, 0.5) is 0 Å². The molecule has 2 aromatic heterocycles. The number of hydrogen-bond donors (Lipinski definition) is 0. The predicted molar refractivity (Wildman–Crippen MR) is 73.0 cm³/mol. The van der Waals surface area contributed by atoms with Gasteiger partial charge in [0.1, 0.15) is 0 Å². The molecule has 0 unspecified atom stereocenters. The summed E-state index contributed by atoms with van der Waals surface area (Å²) in [6.07, 6.45) is 3.19. The molecule has 0 aliphatic rings. The number of rotatable bonds is 3. The van der Waals surface area contributed by atoms with Crippen molar-refractivity contribution in [1.29, 1.82) is 0 Å². The van der Waals surface area contributed by atoms with E-state index in [4.69, 9.17) is 4.84 Å². The minimum Gasteiger partial charge on any atom is -0.311 e. The zero-order valence-electron chi connectivity index (χ0n) is 9.75. The fraction of sp³-hybridized carbons (Fsp3) is 0.182. The van der Waals surface area contributed by atoms with Crippen molar-refractivity contribution in [2.45, 2.75) is 6.92 Å².